The first kappa shape index (κ1) is 15.4. The summed E-state index contributed by atoms with van der Waals surface area (Å²) in [5, 5.41) is 9.48. The molecule has 1 N–H and O–H groups in total. The molecule has 0 aromatic rings. The number of hydrogen-bond donors (Lipinski definition) is 1. The van der Waals surface area contributed by atoms with E-state index < -0.39 is 5.97 Å². The Morgan fingerprint density at radius 3 is 2.58 bits per heavy atom. The number of carbonyl (C=O) groups is 2. The lowest BCUT2D eigenvalue weighted by Crippen LogP contribution is -2.53. The Bertz CT molecular complexity index is 612. The monoisotopic (exact) mass is 330 g/mol. The van der Waals surface area contributed by atoms with Gasteiger partial charge in [-0.05, 0) is 85.9 Å². The van der Waals surface area contributed by atoms with Gasteiger partial charge in [-0.3, -0.25) is 9.59 Å². The number of hydrogen-bond acceptors (Lipinski definition) is 2. The van der Waals surface area contributed by atoms with E-state index in [1.165, 1.54) is 19.3 Å². The number of carbonyl (C=O) groups excluding carboxylic acids is 1. The van der Waals surface area contributed by atoms with Crippen molar-refractivity contribution in [1.29, 1.82) is 0 Å². The summed E-state index contributed by atoms with van der Waals surface area (Å²) in [6.07, 6.45) is 9.04. The number of carboxylic acids is 1. The highest BCUT2D eigenvalue weighted by Crippen LogP contribution is 2.71. The van der Waals surface area contributed by atoms with Crippen LogP contribution in [-0.2, 0) is 9.59 Å². The maximum absolute atomic E-state index is 12.5. The van der Waals surface area contributed by atoms with Gasteiger partial charge in [-0.15, -0.1) is 0 Å². The van der Waals surface area contributed by atoms with Crippen LogP contribution in [0.25, 0.3) is 0 Å². The van der Waals surface area contributed by atoms with Gasteiger partial charge in [-0.2, -0.15) is 0 Å². The first-order valence-corrected chi connectivity index (χ1v) is 10.1. The molecule has 0 heterocycles. The minimum absolute atomic E-state index is 0.0370. The van der Waals surface area contributed by atoms with Crippen LogP contribution in [0.1, 0.15) is 65.2 Å². The van der Waals surface area contributed by atoms with Crippen LogP contribution in [0, 0.1) is 52.3 Å². The molecule has 7 unspecified atom stereocenters. The Labute approximate surface area is 144 Å². The highest BCUT2D eigenvalue weighted by atomic mass is 16.4. The normalized spacial score (nSPS) is 58.2. The molecule has 132 valence electrons. The Kier molecular flexibility index (Phi) is 2.98. The Hall–Kier alpha value is -0.860. The van der Waals surface area contributed by atoms with Crippen molar-refractivity contribution in [1.82, 2.24) is 0 Å². The van der Waals surface area contributed by atoms with E-state index in [0.29, 0.717) is 29.0 Å². The summed E-state index contributed by atoms with van der Waals surface area (Å²) < 4.78 is 0. The van der Waals surface area contributed by atoms with Gasteiger partial charge in [0.25, 0.3) is 0 Å². The second-order valence-electron chi connectivity index (χ2n) is 10.2. The molecule has 3 heteroatoms. The lowest BCUT2D eigenvalue weighted by Gasteiger charge is -2.59. The van der Waals surface area contributed by atoms with E-state index in [2.05, 4.69) is 13.8 Å². The molecule has 5 aliphatic rings. The van der Waals surface area contributed by atoms with E-state index in [4.69, 9.17) is 0 Å². The lowest BCUT2D eigenvalue weighted by molar-refractivity contribution is -0.140. The minimum atomic E-state index is -0.554. The van der Waals surface area contributed by atoms with Gasteiger partial charge in [0.05, 0.1) is 5.92 Å². The number of carboxylic acid groups (broad SMARTS) is 1. The van der Waals surface area contributed by atoms with Crippen molar-refractivity contribution < 1.29 is 14.7 Å². The molecule has 5 saturated carbocycles. The third kappa shape index (κ3) is 1.74. The molecule has 24 heavy (non-hydrogen) atoms. The van der Waals surface area contributed by atoms with Crippen LogP contribution in [0.15, 0.2) is 0 Å². The number of aliphatic carboxylic acids is 1. The van der Waals surface area contributed by atoms with E-state index in [9.17, 15) is 14.7 Å². The van der Waals surface area contributed by atoms with Crippen molar-refractivity contribution in [2.24, 2.45) is 52.3 Å². The number of fused-ring (bicyclic) bond motifs is 6. The summed E-state index contributed by atoms with van der Waals surface area (Å²) in [5.41, 5.74) is 0.298. The second kappa shape index (κ2) is 4.65. The molecular weight excluding hydrogens is 300 g/mol. The molecule has 5 fully saturated rings. The maximum Gasteiger partial charge on any atom is 0.307 e. The number of rotatable bonds is 1. The van der Waals surface area contributed by atoms with Gasteiger partial charge >= 0.3 is 5.97 Å². The topological polar surface area (TPSA) is 54.4 Å². The third-order valence-electron chi connectivity index (χ3n) is 9.62. The highest BCUT2D eigenvalue weighted by Gasteiger charge is 2.67. The fraction of sp³-hybridized carbons (Fsp3) is 0.905. The first-order chi connectivity index (χ1) is 11.4. The average molecular weight is 330 g/mol. The van der Waals surface area contributed by atoms with Crippen molar-refractivity contribution in [3.63, 3.8) is 0 Å². The summed E-state index contributed by atoms with van der Waals surface area (Å²) in [5.74, 6) is 3.62. The molecule has 0 saturated heterocycles. The molecule has 0 radical (unpaired) electrons. The molecule has 5 aliphatic carbocycles. The first-order valence-electron chi connectivity index (χ1n) is 10.1. The van der Waals surface area contributed by atoms with Crippen LogP contribution in [0.4, 0.5) is 0 Å². The van der Waals surface area contributed by atoms with Crippen molar-refractivity contribution in [2.75, 3.05) is 0 Å². The number of Topliss-reactive ketones (excluding diaryl/α,β-unsaturated/α-hetero) is 1. The minimum Gasteiger partial charge on any atom is -0.481 e. The lowest BCUT2D eigenvalue weighted by atomic mass is 9.45. The molecule has 0 bridgehead atoms. The zero-order valence-electron chi connectivity index (χ0n) is 15.0. The van der Waals surface area contributed by atoms with Gasteiger partial charge in [-0.1, -0.05) is 13.8 Å². The second-order valence-corrected chi connectivity index (χ2v) is 10.2. The van der Waals surface area contributed by atoms with Crippen LogP contribution in [-0.4, -0.2) is 16.9 Å². The van der Waals surface area contributed by atoms with Gasteiger partial charge in [0.1, 0.15) is 5.78 Å². The Morgan fingerprint density at radius 1 is 1.04 bits per heavy atom. The summed E-state index contributed by atoms with van der Waals surface area (Å²) in [7, 11) is 0. The number of ketones is 1. The van der Waals surface area contributed by atoms with Crippen LogP contribution >= 0.6 is 0 Å². The van der Waals surface area contributed by atoms with Gasteiger partial charge < -0.3 is 5.11 Å². The molecule has 0 spiro atoms. The quantitative estimate of drug-likeness (QED) is 0.785. The van der Waals surface area contributed by atoms with Crippen LogP contribution in [0.2, 0.25) is 0 Å². The Morgan fingerprint density at radius 2 is 1.83 bits per heavy atom. The molecule has 0 aliphatic heterocycles. The van der Waals surface area contributed by atoms with E-state index >= 15 is 0 Å². The van der Waals surface area contributed by atoms with E-state index in [1.54, 1.807) is 0 Å². The zero-order valence-corrected chi connectivity index (χ0v) is 15.0. The highest BCUT2D eigenvalue weighted by molar-refractivity contribution is 5.87. The smallest absolute Gasteiger partial charge is 0.307 e. The van der Waals surface area contributed by atoms with Crippen LogP contribution in [0.5, 0.6) is 0 Å². The van der Waals surface area contributed by atoms with E-state index in [1.807, 2.05) is 0 Å². The van der Waals surface area contributed by atoms with E-state index in [-0.39, 0.29) is 11.3 Å². The molecule has 0 aromatic carbocycles. The van der Waals surface area contributed by atoms with E-state index in [0.717, 1.165) is 49.9 Å². The van der Waals surface area contributed by atoms with Crippen LogP contribution < -0.4 is 0 Å². The average Bonchev–Trinajstić information content (AvgIpc) is 3.13. The standard InChI is InChI=1S/C21H30O3/c1-20-8-7-16-12(15(20)5-6-17(20)22)4-3-11-9-13-14(10-21(11,16)2)18(13)19(23)24/h11-16,18H,3-10H2,1-2H3,(H,23,24)/t11?,12?,13-,14+,15?,16?,18?,20?,21?/m0/s1. The van der Waals surface area contributed by atoms with Gasteiger partial charge in [0.2, 0.25) is 0 Å². The fourth-order valence-electron chi connectivity index (χ4n) is 8.26. The van der Waals surface area contributed by atoms with Crippen molar-refractivity contribution in [2.45, 2.75) is 65.2 Å². The molecular formula is C21H30O3. The van der Waals surface area contributed by atoms with Crippen LogP contribution in [0.3, 0.4) is 0 Å². The predicted octanol–water partition coefficient (Wildman–Crippen LogP) is 4.15. The summed E-state index contributed by atoms with van der Waals surface area (Å²) >= 11 is 0. The summed E-state index contributed by atoms with van der Waals surface area (Å²) in [4.78, 5) is 24.0. The summed E-state index contributed by atoms with van der Waals surface area (Å²) in [6.45, 7) is 4.73. The third-order valence-corrected chi connectivity index (χ3v) is 9.62. The van der Waals surface area contributed by atoms with Gasteiger partial charge in [0, 0.05) is 11.8 Å². The molecule has 5 rings (SSSR count). The zero-order chi connectivity index (χ0) is 16.9. The fourth-order valence-corrected chi connectivity index (χ4v) is 8.26. The van der Waals surface area contributed by atoms with Crippen molar-refractivity contribution >= 4 is 11.8 Å². The molecule has 0 amide bonds. The predicted molar refractivity (Wildman–Crippen MR) is 90.2 cm³/mol. The Balaban J connectivity index is 1.44. The maximum atomic E-state index is 12.5. The SMILES string of the molecule is CC12CCC3C(CCC4C[C@@H]5C(C(=O)O)[C@@H]5CC43C)C1CCC2=O. The summed E-state index contributed by atoms with van der Waals surface area (Å²) in [6, 6.07) is 0. The molecule has 0 aromatic heterocycles. The van der Waals surface area contributed by atoms with Gasteiger partial charge in [-0.25, -0.2) is 0 Å². The largest absolute Gasteiger partial charge is 0.481 e. The van der Waals surface area contributed by atoms with Crippen molar-refractivity contribution in [3.05, 3.63) is 0 Å². The molecule has 3 nitrogen and oxygen atoms in total. The van der Waals surface area contributed by atoms with Crippen molar-refractivity contribution in [3.8, 4) is 0 Å². The molecule has 9 atom stereocenters. The van der Waals surface area contributed by atoms with Gasteiger partial charge in [0.15, 0.2) is 0 Å².